The van der Waals surface area contributed by atoms with Crippen molar-refractivity contribution in [2.24, 2.45) is 5.92 Å². The molecular weight excluding hydrogens is 321 g/mol. The highest BCUT2D eigenvalue weighted by atomic mass is 19.1. The Morgan fingerprint density at radius 1 is 1.16 bits per heavy atom. The number of fused-ring (bicyclic) bond motifs is 1. The van der Waals surface area contributed by atoms with Crippen molar-refractivity contribution in [3.63, 3.8) is 0 Å². The number of halogens is 1. The van der Waals surface area contributed by atoms with Gasteiger partial charge in [0.1, 0.15) is 11.6 Å². The van der Waals surface area contributed by atoms with Gasteiger partial charge in [0, 0.05) is 18.0 Å². The number of piperidine rings is 1. The van der Waals surface area contributed by atoms with E-state index < -0.39 is 0 Å². The Labute approximate surface area is 146 Å². The predicted octanol–water partition coefficient (Wildman–Crippen LogP) is 3.63. The zero-order chi connectivity index (χ0) is 17.2. The van der Waals surface area contributed by atoms with Gasteiger partial charge < -0.3 is 19.5 Å². The molecule has 2 aromatic rings. The molecule has 0 saturated carbocycles. The van der Waals surface area contributed by atoms with Gasteiger partial charge in [-0.2, -0.15) is 0 Å². The number of benzene rings is 2. The van der Waals surface area contributed by atoms with Crippen LogP contribution in [0.3, 0.4) is 0 Å². The molecule has 1 N–H and O–H groups in total. The van der Waals surface area contributed by atoms with Crippen molar-refractivity contribution in [2.45, 2.75) is 19.3 Å². The largest absolute Gasteiger partial charge is 0.493 e. The quantitative estimate of drug-likeness (QED) is 0.920. The minimum atomic E-state index is -0.193. The van der Waals surface area contributed by atoms with E-state index in [1.54, 1.807) is 0 Å². The lowest BCUT2D eigenvalue weighted by atomic mass is 9.81. The van der Waals surface area contributed by atoms with Crippen LogP contribution in [0.5, 0.6) is 17.2 Å². The molecule has 4 nitrogen and oxygen atoms in total. The Hall–Kier alpha value is -2.27. The lowest BCUT2D eigenvalue weighted by molar-refractivity contribution is 0.172. The highest BCUT2D eigenvalue weighted by Crippen LogP contribution is 2.40. The van der Waals surface area contributed by atoms with E-state index in [0.717, 1.165) is 42.3 Å². The molecular formula is C20H22FNO3. The number of nitrogens with one attached hydrogen (secondary N) is 1. The average molecular weight is 343 g/mol. The third-order valence-corrected chi connectivity index (χ3v) is 5.10. The molecule has 4 rings (SSSR count). The summed E-state index contributed by atoms with van der Waals surface area (Å²) in [5.41, 5.74) is 2.15. The summed E-state index contributed by atoms with van der Waals surface area (Å²) in [4.78, 5) is 0. The monoisotopic (exact) mass is 343 g/mol. The molecule has 1 fully saturated rings. The van der Waals surface area contributed by atoms with E-state index in [0.29, 0.717) is 18.4 Å². The summed E-state index contributed by atoms with van der Waals surface area (Å²) in [6.07, 6.45) is 1.03. The molecule has 0 aromatic heterocycles. The first kappa shape index (κ1) is 16.2. The maximum Gasteiger partial charge on any atom is 0.231 e. The summed E-state index contributed by atoms with van der Waals surface area (Å²) in [6.45, 7) is 4.72. The lowest BCUT2D eigenvalue weighted by Crippen LogP contribution is -2.38. The van der Waals surface area contributed by atoms with E-state index in [1.807, 2.05) is 31.2 Å². The summed E-state index contributed by atoms with van der Waals surface area (Å²) < 4.78 is 30.3. The van der Waals surface area contributed by atoms with E-state index >= 15 is 0 Å². The van der Waals surface area contributed by atoms with Crippen molar-refractivity contribution in [1.82, 2.24) is 5.32 Å². The highest BCUT2D eigenvalue weighted by Gasteiger charge is 2.27. The highest BCUT2D eigenvalue weighted by molar-refractivity contribution is 5.54. The first-order valence-corrected chi connectivity index (χ1v) is 8.70. The second-order valence-corrected chi connectivity index (χ2v) is 6.64. The second kappa shape index (κ2) is 6.92. The van der Waals surface area contributed by atoms with Crippen molar-refractivity contribution in [3.05, 3.63) is 53.3 Å². The fraction of sp³-hybridized carbons (Fsp3) is 0.400. The Bertz CT molecular complexity index is 747. The zero-order valence-corrected chi connectivity index (χ0v) is 14.3. The van der Waals surface area contributed by atoms with Crippen molar-refractivity contribution in [3.8, 4) is 17.2 Å². The molecule has 0 amide bonds. The number of ether oxygens (including phenoxy) is 3. The van der Waals surface area contributed by atoms with Crippen molar-refractivity contribution in [1.29, 1.82) is 0 Å². The molecule has 0 unspecified atom stereocenters. The summed E-state index contributed by atoms with van der Waals surface area (Å²) >= 11 is 0. The van der Waals surface area contributed by atoms with Gasteiger partial charge in [-0.15, -0.1) is 0 Å². The van der Waals surface area contributed by atoms with E-state index in [9.17, 15) is 4.39 Å². The molecule has 25 heavy (non-hydrogen) atoms. The van der Waals surface area contributed by atoms with Crippen LogP contribution in [-0.2, 0) is 0 Å². The zero-order valence-electron chi connectivity index (χ0n) is 14.3. The first-order valence-electron chi connectivity index (χ1n) is 8.70. The molecule has 132 valence electrons. The van der Waals surface area contributed by atoms with Crippen molar-refractivity contribution in [2.75, 3.05) is 26.5 Å². The Balaban J connectivity index is 1.48. The van der Waals surface area contributed by atoms with E-state index in [1.165, 1.54) is 17.7 Å². The van der Waals surface area contributed by atoms with Gasteiger partial charge in [0.15, 0.2) is 11.5 Å². The Kier molecular flexibility index (Phi) is 4.49. The van der Waals surface area contributed by atoms with Gasteiger partial charge in [0.2, 0.25) is 6.79 Å². The van der Waals surface area contributed by atoms with E-state index in [4.69, 9.17) is 14.2 Å². The topological polar surface area (TPSA) is 39.7 Å². The normalized spacial score (nSPS) is 22.0. The fourth-order valence-electron chi connectivity index (χ4n) is 3.69. The lowest BCUT2D eigenvalue weighted by Gasteiger charge is -2.32. The van der Waals surface area contributed by atoms with Crippen LogP contribution in [-0.4, -0.2) is 26.5 Å². The molecule has 0 spiro atoms. The van der Waals surface area contributed by atoms with Crippen LogP contribution < -0.4 is 19.5 Å². The summed E-state index contributed by atoms with van der Waals surface area (Å²) in [5, 5.41) is 3.44. The Morgan fingerprint density at radius 2 is 2.00 bits per heavy atom. The van der Waals surface area contributed by atoms with Gasteiger partial charge in [-0.1, -0.05) is 12.1 Å². The molecule has 2 aliphatic rings. The maximum absolute atomic E-state index is 13.2. The van der Waals surface area contributed by atoms with Crippen LogP contribution in [0, 0.1) is 18.7 Å². The molecule has 5 heteroatoms. The van der Waals surface area contributed by atoms with Crippen LogP contribution in [0.1, 0.15) is 23.5 Å². The van der Waals surface area contributed by atoms with E-state index in [2.05, 4.69) is 5.32 Å². The molecule has 2 atom stereocenters. The van der Waals surface area contributed by atoms with Crippen LogP contribution >= 0.6 is 0 Å². The minimum absolute atomic E-state index is 0.193. The van der Waals surface area contributed by atoms with Gasteiger partial charge in [-0.3, -0.25) is 0 Å². The second-order valence-electron chi connectivity index (χ2n) is 6.64. The molecule has 1 saturated heterocycles. The third-order valence-electron chi connectivity index (χ3n) is 5.10. The smallest absolute Gasteiger partial charge is 0.231 e. The average Bonchev–Trinajstić information content (AvgIpc) is 3.12. The molecule has 0 bridgehead atoms. The van der Waals surface area contributed by atoms with Crippen LogP contribution in [0.15, 0.2) is 36.4 Å². The molecule has 0 radical (unpaired) electrons. The molecule has 0 aliphatic carbocycles. The first-order chi connectivity index (χ1) is 12.2. The van der Waals surface area contributed by atoms with Gasteiger partial charge in [-0.25, -0.2) is 4.39 Å². The van der Waals surface area contributed by atoms with Gasteiger partial charge in [-0.05, 0) is 55.6 Å². The number of rotatable bonds is 4. The van der Waals surface area contributed by atoms with Crippen molar-refractivity contribution >= 4 is 0 Å². The van der Waals surface area contributed by atoms with Crippen LogP contribution in [0.25, 0.3) is 0 Å². The van der Waals surface area contributed by atoms with Crippen LogP contribution in [0.4, 0.5) is 4.39 Å². The van der Waals surface area contributed by atoms with Gasteiger partial charge in [0.05, 0.1) is 6.61 Å². The van der Waals surface area contributed by atoms with E-state index in [-0.39, 0.29) is 12.6 Å². The predicted molar refractivity (Wildman–Crippen MR) is 92.9 cm³/mol. The maximum atomic E-state index is 13.2. The standard InChI is InChI=1S/C20H22FNO3/c1-13-18(6-7-19-20(13)25-12-24-19)23-11-15-10-22-9-8-17(15)14-2-4-16(21)5-3-14/h2-7,15,17,22H,8-12H2,1H3/t15-,17-/m1/s1. The molecule has 2 aromatic carbocycles. The fourth-order valence-corrected chi connectivity index (χ4v) is 3.69. The number of hydrogen-bond acceptors (Lipinski definition) is 4. The minimum Gasteiger partial charge on any atom is -0.493 e. The summed E-state index contributed by atoms with van der Waals surface area (Å²) in [7, 11) is 0. The van der Waals surface area contributed by atoms with Crippen LogP contribution in [0.2, 0.25) is 0 Å². The Morgan fingerprint density at radius 3 is 2.84 bits per heavy atom. The molecule has 2 aliphatic heterocycles. The summed E-state index contributed by atoms with van der Waals surface area (Å²) in [6, 6.07) is 10.7. The third kappa shape index (κ3) is 3.29. The number of hydrogen-bond donors (Lipinski definition) is 1. The molecule has 2 heterocycles. The SMILES string of the molecule is Cc1c(OC[C@H]2CNCC[C@@H]2c2ccc(F)cc2)ccc2c1OCO2. The van der Waals surface area contributed by atoms with Crippen molar-refractivity contribution < 1.29 is 18.6 Å². The summed E-state index contributed by atoms with van der Waals surface area (Å²) in [5.74, 6) is 2.89. The van der Waals surface area contributed by atoms with Gasteiger partial charge in [0.25, 0.3) is 0 Å². The van der Waals surface area contributed by atoms with Gasteiger partial charge >= 0.3 is 0 Å².